The molecule has 1 heterocycles. The molecule has 0 unspecified atom stereocenters. The van der Waals surface area contributed by atoms with Crippen LogP contribution in [0.3, 0.4) is 0 Å². The van der Waals surface area contributed by atoms with Gasteiger partial charge in [-0.05, 0) is 36.5 Å². The zero-order chi connectivity index (χ0) is 17.3. The molecule has 1 saturated carbocycles. The minimum atomic E-state index is -4.45. The number of rotatable bonds is 3. The van der Waals surface area contributed by atoms with Crippen molar-refractivity contribution in [2.45, 2.75) is 50.9 Å². The Bertz CT molecular complexity index is 639. The van der Waals surface area contributed by atoms with Crippen molar-refractivity contribution in [1.29, 1.82) is 0 Å². The number of carbonyl (C=O) groups is 2. The minimum Gasteiger partial charge on any atom is -0.326 e. The molecule has 1 aliphatic carbocycles. The fourth-order valence-electron chi connectivity index (χ4n) is 3.51. The molecule has 2 aliphatic rings. The molecule has 1 aromatic rings. The van der Waals surface area contributed by atoms with Crippen LogP contribution in [0.15, 0.2) is 24.3 Å². The zero-order valence-electron chi connectivity index (χ0n) is 13.1. The molecule has 24 heavy (non-hydrogen) atoms. The zero-order valence-corrected chi connectivity index (χ0v) is 13.1. The van der Waals surface area contributed by atoms with Crippen LogP contribution in [0.1, 0.15) is 43.2 Å². The third kappa shape index (κ3) is 3.39. The highest BCUT2D eigenvalue weighted by Crippen LogP contribution is 2.31. The van der Waals surface area contributed by atoms with Crippen LogP contribution >= 0.6 is 0 Å². The Balaban J connectivity index is 1.73. The van der Waals surface area contributed by atoms with E-state index in [2.05, 4.69) is 5.32 Å². The maximum Gasteiger partial charge on any atom is 0.416 e. The molecule has 4 nitrogen and oxygen atoms in total. The van der Waals surface area contributed by atoms with Gasteiger partial charge in [0.2, 0.25) is 0 Å². The molecule has 1 N–H and O–H groups in total. The molecule has 1 saturated heterocycles. The lowest BCUT2D eigenvalue weighted by atomic mass is 9.84. The Kier molecular flexibility index (Phi) is 4.51. The Morgan fingerprint density at radius 2 is 1.83 bits per heavy atom. The predicted molar refractivity (Wildman–Crippen MR) is 80.9 cm³/mol. The van der Waals surface area contributed by atoms with Crippen LogP contribution in [0, 0.1) is 5.92 Å². The molecule has 2 fully saturated rings. The van der Waals surface area contributed by atoms with Gasteiger partial charge in [0.1, 0.15) is 6.04 Å². The fraction of sp³-hybridized carbons (Fsp3) is 0.529. The van der Waals surface area contributed by atoms with E-state index in [4.69, 9.17) is 0 Å². The van der Waals surface area contributed by atoms with Crippen molar-refractivity contribution in [3.63, 3.8) is 0 Å². The lowest BCUT2D eigenvalue weighted by molar-refractivity contribution is -0.137. The van der Waals surface area contributed by atoms with E-state index >= 15 is 0 Å². The van der Waals surface area contributed by atoms with E-state index in [0.29, 0.717) is 0 Å². The molecule has 1 atom stereocenters. The number of imide groups is 1. The lowest BCUT2D eigenvalue weighted by Gasteiger charge is -2.25. The first-order chi connectivity index (χ1) is 11.4. The number of amides is 3. The van der Waals surface area contributed by atoms with Gasteiger partial charge in [0.15, 0.2) is 0 Å². The van der Waals surface area contributed by atoms with E-state index in [9.17, 15) is 22.8 Å². The van der Waals surface area contributed by atoms with E-state index in [1.54, 1.807) is 0 Å². The second-order valence-corrected chi connectivity index (χ2v) is 6.45. The highest BCUT2D eigenvalue weighted by molar-refractivity contribution is 6.04. The number of alkyl halides is 3. The summed E-state index contributed by atoms with van der Waals surface area (Å²) < 4.78 is 38.3. The molecular formula is C17H19F3N2O2. The van der Waals surface area contributed by atoms with Crippen molar-refractivity contribution in [3.05, 3.63) is 35.4 Å². The summed E-state index contributed by atoms with van der Waals surface area (Å²) in [6.07, 6.45) is 0.565. The maximum absolute atomic E-state index is 12.8. The molecular weight excluding hydrogens is 321 g/mol. The molecule has 0 radical (unpaired) electrons. The van der Waals surface area contributed by atoms with Crippen molar-refractivity contribution in [2.75, 3.05) is 0 Å². The largest absolute Gasteiger partial charge is 0.416 e. The summed E-state index contributed by atoms with van der Waals surface area (Å²) in [6.45, 7) is -0.141. The van der Waals surface area contributed by atoms with E-state index in [1.807, 2.05) is 0 Å². The quantitative estimate of drug-likeness (QED) is 0.853. The van der Waals surface area contributed by atoms with E-state index in [-0.39, 0.29) is 23.9 Å². The number of urea groups is 1. The van der Waals surface area contributed by atoms with Crippen LogP contribution in [-0.4, -0.2) is 22.9 Å². The summed E-state index contributed by atoms with van der Waals surface area (Å²) in [4.78, 5) is 25.6. The van der Waals surface area contributed by atoms with Gasteiger partial charge in [0.05, 0.1) is 12.1 Å². The monoisotopic (exact) mass is 340 g/mol. The molecule has 3 rings (SSSR count). The summed E-state index contributed by atoms with van der Waals surface area (Å²) in [5, 5.41) is 2.70. The second kappa shape index (κ2) is 6.45. The fourth-order valence-corrected chi connectivity index (χ4v) is 3.51. The summed E-state index contributed by atoms with van der Waals surface area (Å²) in [5.74, 6) is -0.203. The number of carbonyl (C=O) groups excluding carboxylic acids is 2. The first-order valence-electron chi connectivity index (χ1n) is 8.14. The molecule has 1 aromatic carbocycles. The number of nitrogens with one attached hydrogen (secondary N) is 1. The van der Waals surface area contributed by atoms with Crippen molar-refractivity contribution >= 4 is 11.9 Å². The molecule has 0 aromatic heterocycles. The highest BCUT2D eigenvalue weighted by Gasteiger charge is 2.42. The Morgan fingerprint density at radius 3 is 2.50 bits per heavy atom. The third-order valence-corrected chi connectivity index (χ3v) is 4.77. The van der Waals surface area contributed by atoms with Gasteiger partial charge in [-0.25, -0.2) is 4.79 Å². The molecule has 0 spiro atoms. The minimum absolute atomic E-state index is 0.127. The summed E-state index contributed by atoms with van der Waals surface area (Å²) in [7, 11) is 0. The van der Waals surface area contributed by atoms with Crippen LogP contribution < -0.4 is 5.32 Å². The first-order valence-corrected chi connectivity index (χ1v) is 8.14. The standard InChI is InChI=1S/C17H19F3N2O2/c18-17(19,20)13-8-4-5-11(9-13)10-22-15(23)14(21-16(22)24)12-6-2-1-3-7-12/h4-5,8-9,12,14H,1-3,6-7,10H2,(H,21,24)/t14-/m1/s1. The Hall–Kier alpha value is -2.05. The number of benzene rings is 1. The molecule has 0 bridgehead atoms. The maximum atomic E-state index is 12.8. The SMILES string of the molecule is O=C1N[C@H](C2CCCCC2)C(=O)N1Cc1cccc(C(F)(F)F)c1. The number of nitrogens with zero attached hydrogens (tertiary/aromatic N) is 1. The van der Waals surface area contributed by atoms with Gasteiger partial charge in [-0.3, -0.25) is 9.69 Å². The summed E-state index contributed by atoms with van der Waals surface area (Å²) in [6, 6.07) is 3.67. The van der Waals surface area contributed by atoms with E-state index < -0.39 is 23.8 Å². The average Bonchev–Trinajstić information content (AvgIpc) is 2.83. The Morgan fingerprint density at radius 1 is 1.12 bits per heavy atom. The third-order valence-electron chi connectivity index (χ3n) is 4.77. The molecule has 7 heteroatoms. The second-order valence-electron chi connectivity index (χ2n) is 6.45. The first kappa shape index (κ1) is 16.8. The Labute approximate surface area is 138 Å². The predicted octanol–water partition coefficient (Wildman–Crippen LogP) is 3.71. The molecule has 130 valence electrons. The van der Waals surface area contributed by atoms with Crippen LogP contribution in [0.2, 0.25) is 0 Å². The normalized spacial score (nSPS) is 22.8. The average molecular weight is 340 g/mol. The smallest absolute Gasteiger partial charge is 0.326 e. The number of hydrogen-bond acceptors (Lipinski definition) is 2. The van der Waals surface area contributed by atoms with Crippen LogP contribution in [0.4, 0.5) is 18.0 Å². The van der Waals surface area contributed by atoms with Crippen molar-refractivity contribution in [1.82, 2.24) is 10.2 Å². The van der Waals surface area contributed by atoms with E-state index in [1.165, 1.54) is 12.1 Å². The highest BCUT2D eigenvalue weighted by atomic mass is 19.4. The van der Waals surface area contributed by atoms with Crippen molar-refractivity contribution in [3.8, 4) is 0 Å². The number of hydrogen-bond donors (Lipinski definition) is 1. The van der Waals surface area contributed by atoms with Gasteiger partial charge >= 0.3 is 12.2 Å². The van der Waals surface area contributed by atoms with Gasteiger partial charge in [-0.15, -0.1) is 0 Å². The lowest BCUT2D eigenvalue weighted by Crippen LogP contribution is -2.38. The number of halogens is 3. The van der Waals surface area contributed by atoms with Crippen molar-refractivity contribution in [2.24, 2.45) is 5.92 Å². The van der Waals surface area contributed by atoms with Gasteiger partial charge in [0, 0.05) is 0 Å². The summed E-state index contributed by atoms with van der Waals surface area (Å²) >= 11 is 0. The van der Waals surface area contributed by atoms with Crippen LogP contribution in [0.5, 0.6) is 0 Å². The topological polar surface area (TPSA) is 49.4 Å². The van der Waals surface area contributed by atoms with Crippen LogP contribution in [0.25, 0.3) is 0 Å². The molecule has 3 amide bonds. The summed E-state index contributed by atoms with van der Waals surface area (Å²) in [5.41, 5.74) is -0.492. The van der Waals surface area contributed by atoms with Gasteiger partial charge in [-0.1, -0.05) is 31.4 Å². The van der Waals surface area contributed by atoms with Gasteiger partial charge in [-0.2, -0.15) is 13.2 Å². The molecule has 1 aliphatic heterocycles. The van der Waals surface area contributed by atoms with E-state index in [0.717, 1.165) is 49.1 Å². The van der Waals surface area contributed by atoms with Gasteiger partial charge < -0.3 is 5.32 Å². The van der Waals surface area contributed by atoms with Crippen molar-refractivity contribution < 1.29 is 22.8 Å². The van der Waals surface area contributed by atoms with Crippen LogP contribution in [-0.2, 0) is 17.5 Å². The van der Waals surface area contributed by atoms with Gasteiger partial charge in [0.25, 0.3) is 5.91 Å².